The SMILES string of the molecule is COC(=O)C(C)CCN(C(=O)OC(C)(C)C)c1c(C#N)c(C(=O)c2ccc(C)cc2)nn1-c1ccc(Cl)cc1. The van der Waals surface area contributed by atoms with Gasteiger partial charge in [0.25, 0.3) is 0 Å². The van der Waals surface area contributed by atoms with Crippen LogP contribution in [0, 0.1) is 24.2 Å². The zero-order valence-electron chi connectivity index (χ0n) is 22.8. The summed E-state index contributed by atoms with van der Waals surface area (Å²) in [6.07, 6.45) is -0.565. The largest absolute Gasteiger partial charge is 0.469 e. The quantitative estimate of drug-likeness (QED) is 0.254. The first-order valence-corrected chi connectivity index (χ1v) is 12.7. The number of ether oxygens (including phenoxy) is 2. The molecular weight excluding hydrogens is 520 g/mol. The van der Waals surface area contributed by atoms with Crippen LogP contribution in [0.3, 0.4) is 0 Å². The molecule has 39 heavy (non-hydrogen) atoms. The normalized spacial score (nSPS) is 11.8. The molecule has 9 nitrogen and oxygen atoms in total. The van der Waals surface area contributed by atoms with Gasteiger partial charge in [0.15, 0.2) is 11.5 Å². The summed E-state index contributed by atoms with van der Waals surface area (Å²) in [6.45, 7) is 8.71. The topological polar surface area (TPSA) is 115 Å². The van der Waals surface area contributed by atoms with E-state index in [2.05, 4.69) is 11.2 Å². The predicted octanol–water partition coefficient (Wildman–Crippen LogP) is 5.88. The van der Waals surface area contributed by atoms with Gasteiger partial charge < -0.3 is 9.47 Å². The van der Waals surface area contributed by atoms with E-state index in [0.717, 1.165) is 5.56 Å². The number of amides is 1. The van der Waals surface area contributed by atoms with Gasteiger partial charge in [-0.1, -0.05) is 48.4 Å². The lowest BCUT2D eigenvalue weighted by molar-refractivity contribution is -0.144. The zero-order chi connectivity index (χ0) is 28.9. The number of hydrogen-bond donors (Lipinski definition) is 0. The third kappa shape index (κ3) is 7.03. The molecule has 0 aliphatic rings. The van der Waals surface area contributed by atoms with Crippen molar-refractivity contribution in [1.29, 1.82) is 5.26 Å². The van der Waals surface area contributed by atoms with Crippen LogP contribution in [0.25, 0.3) is 5.69 Å². The molecule has 3 aromatic rings. The molecule has 0 radical (unpaired) electrons. The second-order valence-electron chi connectivity index (χ2n) is 10.1. The Hall–Kier alpha value is -4.16. The highest BCUT2D eigenvalue weighted by molar-refractivity contribution is 6.30. The number of aromatic nitrogens is 2. The molecule has 1 heterocycles. The summed E-state index contributed by atoms with van der Waals surface area (Å²) in [6, 6.07) is 15.5. The lowest BCUT2D eigenvalue weighted by Gasteiger charge is -2.28. The van der Waals surface area contributed by atoms with Crippen molar-refractivity contribution < 1.29 is 23.9 Å². The van der Waals surface area contributed by atoms with Crippen LogP contribution in [0.15, 0.2) is 48.5 Å². The summed E-state index contributed by atoms with van der Waals surface area (Å²) in [5, 5.41) is 15.3. The van der Waals surface area contributed by atoms with Gasteiger partial charge in [-0.2, -0.15) is 10.4 Å². The molecule has 0 spiro atoms. The van der Waals surface area contributed by atoms with Crippen LogP contribution in [-0.2, 0) is 14.3 Å². The van der Waals surface area contributed by atoms with Gasteiger partial charge in [-0.25, -0.2) is 9.48 Å². The fourth-order valence-corrected chi connectivity index (χ4v) is 3.89. The Bertz CT molecular complexity index is 1400. The van der Waals surface area contributed by atoms with Gasteiger partial charge in [0.05, 0.1) is 18.7 Å². The van der Waals surface area contributed by atoms with Crippen molar-refractivity contribution in [3.05, 3.63) is 75.9 Å². The Balaban J connectivity index is 2.24. The molecule has 1 aromatic heterocycles. The minimum Gasteiger partial charge on any atom is -0.469 e. The number of benzene rings is 2. The second-order valence-corrected chi connectivity index (χ2v) is 10.5. The molecule has 0 aliphatic heterocycles. The minimum absolute atomic E-state index is 0.0166. The summed E-state index contributed by atoms with van der Waals surface area (Å²) in [7, 11) is 1.29. The Labute approximate surface area is 232 Å². The number of nitrogens with zero attached hydrogens (tertiary/aromatic N) is 4. The van der Waals surface area contributed by atoms with Crippen LogP contribution in [-0.4, -0.2) is 46.9 Å². The molecule has 0 fully saturated rings. The number of hydrogen-bond acceptors (Lipinski definition) is 7. The van der Waals surface area contributed by atoms with E-state index in [1.165, 1.54) is 16.7 Å². The molecule has 3 rings (SSSR count). The highest BCUT2D eigenvalue weighted by Gasteiger charge is 2.34. The molecular formula is C29H31ClN4O5. The summed E-state index contributed by atoms with van der Waals surface area (Å²) >= 11 is 6.10. The maximum atomic E-state index is 13.6. The first-order chi connectivity index (χ1) is 18.4. The molecule has 1 atom stereocenters. The Morgan fingerprint density at radius 3 is 2.26 bits per heavy atom. The summed E-state index contributed by atoms with van der Waals surface area (Å²) in [5.74, 6) is -1.43. The fraction of sp³-hybridized carbons (Fsp3) is 0.345. The third-order valence-electron chi connectivity index (χ3n) is 5.83. The van der Waals surface area contributed by atoms with E-state index in [-0.39, 0.29) is 30.0 Å². The van der Waals surface area contributed by atoms with Gasteiger partial charge in [-0.05, 0) is 58.4 Å². The molecule has 204 valence electrons. The average Bonchev–Trinajstić information content (AvgIpc) is 3.26. The minimum atomic E-state index is -0.859. The van der Waals surface area contributed by atoms with Crippen LogP contribution in [0.4, 0.5) is 10.6 Å². The Kier molecular flexibility index (Phi) is 9.15. The fourth-order valence-electron chi connectivity index (χ4n) is 3.77. The molecule has 1 unspecified atom stereocenters. The predicted molar refractivity (Wildman–Crippen MR) is 147 cm³/mol. The average molecular weight is 551 g/mol. The van der Waals surface area contributed by atoms with E-state index in [1.54, 1.807) is 76.2 Å². The van der Waals surface area contributed by atoms with Crippen molar-refractivity contribution in [2.75, 3.05) is 18.6 Å². The summed E-state index contributed by atoms with van der Waals surface area (Å²) in [5.41, 5.74) is 0.682. The van der Waals surface area contributed by atoms with Crippen LogP contribution in [0.1, 0.15) is 61.3 Å². The van der Waals surface area contributed by atoms with E-state index in [1.807, 2.05) is 6.92 Å². The summed E-state index contributed by atoms with van der Waals surface area (Å²) < 4.78 is 11.8. The lowest BCUT2D eigenvalue weighted by Crippen LogP contribution is -2.40. The number of methoxy groups -OCH3 is 1. The van der Waals surface area contributed by atoms with E-state index in [9.17, 15) is 19.6 Å². The number of ketones is 1. The molecule has 0 saturated carbocycles. The Morgan fingerprint density at radius 1 is 1.10 bits per heavy atom. The van der Waals surface area contributed by atoms with Crippen LogP contribution in [0.2, 0.25) is 5.02 Å². The van der Waals surface area contributed by atoms with Gasteiger partial charge >= 0.3 is 12.1 Å². The second kappa shape index (κ2) is 12.1. The molecule has 0 bridgehead atoms. The standard InChI is InChI=1S/C29H31ClN4O5/c1-18-7-9-20(10-8-18)25(35)24-23(17-31)26(34(32-24)22-13-11-21(30)12-14-22)33(28(37)39-29(3,4)5)16-15-19(2)27(36)38-6/h7-14,19H,15-16H2,1-6H3. The van der Waals surface area contributed by atoms with Gasteiger partial charge in [-0.15, -0.1) is 0 Å². The highest BCUT2D eigenvalue weighted by Crippen LogP contribution is 2.31. The molecule has 10 heteroatoms. The van der Waals surface area contributed by atoms with Crippen molar-refractivity contribution in [3.8, 4) is 11.8 Å². The van der Waals surface area contributed by atoms with Crippen molar-refractivity contribution in [2.45, 2.75) is 46.6 Å². The van der Waals surface area contributed by atoms with Crippen molar-refractivity contribution in [1.82, 2.24) is 9.78 Å². The lowest BCUT2D eigenvalue weighted by atomic mass is 10.0. The van der Waals surface area contributed by atoms with Crippen LogP contribution >= 0.6 is 11.6 Å². The van der Waals surface area contributed by atoms with Gasteiger partial charge in [0.2, 0.25) is 5.78 Å². The number of nitriles is 1. The number of halogens is 1. The van der Waals surface area contributed by atoms with Crippen molar-refractivity contribution >= 4 is 35.3 Å². The molecule has 1 amide bonds. The molecule has 2 aromatic carbocycles. The first-order valence-electron chi connectivity index (χ1n) is 12.3. The van der Waals surface area contributed by atoms with E-state index in [0.29, 0.717) is 16.3 Å². The summed E-state index contributed by atoms with van der Waals surface area (Å²) in [4.78, 5) is 40.4. The van der Waals surface area contributed by atoms with E-state index >= 15 is 0 Å². The molecule has 0 aliphatic carbocycles. The maximum Gasteiger partial charge on any atom is 0.416 e. The Morgan fingerprint density at radius 2 is 1.72 bits per heavy atom. The highest BCUT2D eigenvalue weighted by atomic mass is 35.5. The van der Waals surface area contributed by atoms with Gasteiger partial charge in [-0.3, -0.25) is 14.5 Å². The number of esters is 1. The number of anilines is 1. The van der Waals surface area contributed by atoms with E-state index in [4.69, 9.17) is 21.1 Å². The van der Waals surface area contributed by atoms with Crippen LogP contribution < -0.4 is 4.90 Å². The number of aryl methyl sites for hydroxylation is 1. The van der Waals surface area contributed by atoms with Crippen molar-refractivity contribution in [2.24, 2.45) is 5.92 Å². The monoisotopic (exact) mass is 550 g/mol. The van der Waals surface area contributed by atoms with Crippen molar-refractivity contribution in [3.63, 3.8) is 0 Å². The number of carbonyl (C=O) groups is 3. The number of carbonyl (C=O) groups excluding carboxylic acids is 3. The zero-order valence-corrected chi connectivity index (χ0v) is 23.6. The smallest absolute Gasteiger partial charge is 0.416 e. The van der Waals surface area contributed by atoms with Gasteiger partial charge in [0.1, 0.15) is 17.2 Å². The molecule has 0 saturated heterocycles. The molecule has 0 N–H and O–H groups in total. The first kappa shape index (κ1) is 29.4. The van der Waals surface area contributed by atoms with Gasteiger partial charge in [0, 0.05) is 17.1 Å². The van der Waals surface area contributed by atoms with E-state index < -0.39 is 29.4 Å². The third-order valence-corrected chi connectivity index (χ3v) is 6.08. The number of rotatable bonds is 8. The van der Waals surface area contributed by atoms with Crippen LogP contribution in [0.5, 0.6) is 0 Å². The maximum absolute atomic E-state index is 13.6.